The Balaban J connectivity index is 1.61. The van der Waals surface area contributed by atoms with Gasteiger partial charge in [-0.2, -0.15) is 0 Å². The first kappa shape index (κ1) is 19.3. The van der Waals surface area contributed by atoms with Gasteiger partial charge >= 0.3 is 0 Å². The van der Waals surface area contributed by atoms with E-state index in [0.717, 1.165) is 26.9 Å². The maximum absolute atomic E-state index is 13.6. The summed E-state index contributed by atoms with van der Waals surface area (Å²) in [5.74, 6) is -0.134. The standard InChI is InChI=1S/C24H19N5OS/c1-15-5-8-21-22(16(15)2)28-24(31-21)29(14-17-4-3-9-25-13-17)23(30)18-6-7-19-20(12-18)27-11-10-26-19/h3-13H,14H2,1-2H3. The normalized spacial score (nSPS) is 11.2. The van der Waals surface area contributed by atoms with Gasteiger partial charge in [0.25, 0.3) is 5.91 Å². The van der Waals surface area contributed by atoms with E-state index in [1.165, 1.54) is 16.9 Å². The second-order valence-electron chi connectivity index (χ2n) is 7.36. The molecule has 152 valence electrons. The zero-order chi connectivity index (χ0) is 21.4. The van der Waals surface area contributed by atoms with E-state index in [0.29, 0.717) is 22.8 Å². The van der Waals surface area contributed by atoms with Crippen molar-refractivity contribution < 1.29 is 4.79 Å². The Kier molecular flexibility index (Phi) is 4.88. The summed E-state index contributed by atoms with van der Waals surface area (Å²) in [7, 11) is 0. The highest BCUT2D eigenvalue weighted by Gasteiger charge is 2.23. The molecule has 0 saturated carbocycles. The number of pyridine rings is 1. The predicted molar refractivity (Wildman–Crippen MR) is 123 cm³/mol. The molecule has 0 fully saturated rings. The van der Waals surface area contributed by atoms with Crippen molar-refractivity contribution in [3.05, 3.63) is 89.5 Å². The molecule has 6 nitrogen and oxygen atoms in total. The minimum absolute atomic E-state index is 0.134. The number of aromatic nitrogens is 4. The number of carbonyl (C=O) groups is 1. The lowest BCUT2D eigenvalue weighted by molar-refractivity contribution is 0.0985. The highest BCUT2D eigenvalue weighted by molar-refractivity contribution is 7.22. The molecule has 3 heterocycles. The molecule has 3 aromatic heterocycles. The number of hydrogen-bond donors (Lipinski definition) is 0. The number of benzene rings is 2. The van der Waals surface area contributed by atoms with Gasteiger partial charge in [0.05, 0.1) is 27.8 Å². The third-order valence-electron chi connectivity index (χ3n) is 5.33. The van der Waals surface area contributed by atoms with Gasteiger partial charge in [0.2, 0.25) is 0 Å². The minimum Gasteiger partial charge on any atom is -0.279 e. The van der Waals surface area contributed by atoms with E-state index in [1.54, 1.807) is 41.8 Å². The summed E-state index contributed by atoms with van der Waals surface area (Å²) >= 11 is 1.52. The van der Waals surface area contributed by atoms with Gasteiger partial charge in [-0.25, -0.2) is 4.98 Å². The lowest BCUT2D eigenvalue weighted by Gasteiger charge is -2.20. The van der Waals surface area contributed by atoms with Crippen molar-refractivity contribution in [1.29, 1.82) is 0 Å². The van der Waals surface area contributed by atoms with Crippen LogP contribution < -0.4 is 4.90 Å². The molecule has 0 spiro atoms. The fourth-order valence-corrected chi connectivity index (χ4v) is 4.51. The van der Waals surface area contributed by atoms with E-state index in [2.05, 4.69) is 40.9 Å². The molecule has 0 bridgehead atoms. The van der Waals surface area contributed by atoms with Gasteiger partial charge in [0.15, 0.2) is 5.13 Å². The van der Waals surface area contributed by atoms with Crippen molar-refractivity contribution in [3.63, 3.8) is 0 Å². The molecule has 31 heavy (non-hydrogen) atoms. The van der Waals surface area contributed by atoms with Gasteiger partial charge in [-0.1, -0.05) is 23.5 Å². The van der Waals surface area contributed by atoms with Crippen molar-refractivity contribution in [2.45, 2.75) is 20.4 Å². The summed E-state index contributed by atoms with van der Waals surface area (Å²) in [5, 5.41) is 0.664. The largest absolute Gasteiger partial charge is 0.279 e. The number of thiazole rings is 1. The summed E-state index contributed by atoms with van der Waals surface area (Å²) in [5.41, 5.74) is 6.17. The summed E-state index contributed by atoms with van der Waals surface area (Å²) in [6, 6.07) is 13.4. The van der Waals surface area contributed by atoms with E-state index in [4.69, 9.17) is 4.98 Å². The van der Waals surface area contributed by atoms with Crippen molar-refractivity contribution in [2.75, 3.05) is 4.90 Å². The molecule has 0 radical (unpaired) electrons. The van der Waals surface area contributed by atoms with Crippen LogP contribution in [-0.2, 0) is 6.54 Å². The van der Waals surface area contributed by atoms with E-state index in [-0.39, 0.29) is 5.91 Å². The average molecular weight is 426 g/mol. The molecule has 1 amide bonds. The molecular weight excluding hydrogens is 406 g/mol. The van der Waals surface area contributed by atoms with Crippen molar-refractivity contribution in [1.82, 2.24) is 19.9 Å². The third kappa shape index (κ3) is 3.64. The van der Waals surface area contributed by atoms with Crippen LogP contribution in [0.2, 0.25) is 0 Å². The van der Waals surface area contributed by atoms with Crippen LogP contribution in [0.4, 0.5) is 5.13 Å². The minimum atomic E-state index is -0.134. The lowest BCUT2D eigenvalue weighted by Crippen LogP contribution is -2.30. The Morgan fingerprint density at radius 2 is 1.84 bits per heavy atom. The smallest absolute Gasteiger partial charge is 0.260 e. The summed E-state index contributed by atoms with van der Waals surface area (Å²) < 4.78 is 1.06. The van der Waals surface area contributed by atoms with Gasteiger partial charge in [-0.05, 0) is 60.9 Å². The third-order valence-corrected chi connectivity index (χ3v) is 6.37. The first-order chi connectivity index (χ1) is 15.1. The number of rotatable bonds is 4. The number of nitrogens with zero attached hydrogens (tertiary/aromatic N) is 5. The van der Waals surface area contributed by atoms with Gasteiger partial charge in [-0.15, -0.1) is 0 Å². The first-order valence-corrected chi connectivity index (χ1v) is 10.7. The van der Waals surface area contributed by atoms with E-state index in [9.17, 15) is 4.79 Å². The number of aryl methyl sites for hydroxylation is 2. The number of amides is 1. The van der Waals surface area contributed by atoms with Gasteiger partial charge in [-0.3, -0.25) is 24.6 Å². The number of carbonyl (C=O) groups excluding carboxylic acids is 1. The van der Waals surface area contributed by atoms with Crippen LogP contribution in [0, 0.1) is 13.8 Å². The quantitative estimate of drug-likeness (QED) is 0.401. The second kappa shape index (κ2) is 7.85. The van der Waals surface area contributed by atoms with Crippen molar-refractivity contribution >= 4 is 43.6 Å². The highest BCUT2D eigenvalue weighted by atomic mass is 32.1. The van der Waals surface area contributed by atoms with E-state index in [1.807, 2.05) is 18.2 Å². The van der Waals surface area contributed by atoms with Gasteiger partial charge in [0, 0.05) is 30.4 Å². The molecule has 7 heteroatoms. The predicted octanol–water partition coefficient (Wildman–Crippen LogP) is 5.10. The van der Waals surface area contributed by atoms with Crippen LogP contribution in [0.15, 0.2) is 67.3 Å². The molecular formula is C24H19N5OS. The number of hydrogen-bond acceptors (Lipinski definition) is 6. The summed E-state index contributed by atoms with van der Waals surface area (Å²) in [6.45, 7) is 4.52. The Morgan fingerprint density at radius 3 is 2.65 bits per heavy atom. The van der Waals surface area contributed by atoms with Gasteiger partial charge in [0.1, 0.15) is 0 Å². The Labute approximate surface area is 183 Å². The molecule has 0 atom stereocenters. The first-order valence-electron chi connectivity index (χ1n) is 9.88. The monoisotopic (exact) mass is 425 g/mol. The molecule has 0 aliphatic rings. The van der Waals surface area contributed by atoms with Gasteiger partial charge < -0.3 is 0 Å². The number of fused-ring (bicyclic) bond motifs is 2. The summed E-state index contributed by atoms with van der Waals surface area (Å²) in [4.78, 5) is 33.0. The fourth-order valence-electron chi connectivity index (χ4n) is 3.48. The SMILES string of the molecule is Cc1ccc2sc(N(Cc3cccnc3)C(=O)c3ccc4nccnc4c3)nc2c1C. The topological polar surface area (TPSA) is 71.9 Å². The van der Waals surface area contributed by atoms with Crippen molar-refractivity contribution in [3.8, 4) is 0 Å². The molecule has 0 saturated heterocycles. The van der Waals surface area contributed by atoms with E-state index >= 15 is 0 Å². The molecule has 0 N–H and O–H groups in total. The molecule has 0 aliphatic carbocycles. The molecule has 2 aromatic carbocycles. The van der Waals surface area contributed by atoms with Crippen LogP contribution in [0.1, 0.15) is 27.0 Å². The molecule has 0 aliphatic heterocycles. The van der Waals surface area contributed by atoms with Crippen LogP contribution in [-0.4, -0.2) is 25.8 Å². The molecule has 5 rings (SSSR count). The van der Waals surface area contributed by atoms with Crippen LogP contribution in [0.25, 0.3) is 21.3 Å². The molecule has 5 aromatic rings. The van der Waals surface area contributed by atoms with Crippen LogP contribution in [0.3, 0.4) is 0 Å². The zero-order valence-electron chi connectivity index (χ0n) is 17.1. The van der Waals surface area contributed by atoms with Crippen molar-refractivity contribution in [2.24, 2.45) is 0 Å². The highest BCUT2D eigenvalue weighted by Crippen LogP contribution is 2.33. The van der Waals surface area contributed by atoms with Crippen LogP contribution >= 0.6 is 11.3 Å². The Hall–Kier alpha value is -3.71. The molecule has 0 unspecified atom stereocenters. The fraction of sp³-hybridized carbons (Fsp3) is 0.125. The average Bonchev–Trinajstić information content (AvgIpc) is 3.25. The zero-order valence-corrected chi connectivity index (χ0v) is 17.9. The Bertz CT molecular complexity index is 1410. The second-order valence-corrected chi connectivity index (χ2v) is 8.37. The Morgan fingerprint density at radius 1 is 1.00 bits per heavy atom. The van der Waals surface area contributed by atoms with Crippen LogP contribution in [0.5, 0.6) is 0 Å². The lowest BCUT2D eigenvalue weighted by atomic mass is 10.1. The maximum atomic E-state index is 13.6. The number of anilines is 1. The maximum Gasteiger partial charge on any atom is 0.260 e. The summed E-state index contributed by atoms with van der Waals surface area (Å²) in [6.07, 6.45) is 6.77. The van der Waals surface area contributed by atoms with E-state index < -0.39 is 0 Å².